The number of benzene rings is 2. The van der Waals surface area contributed by atoms with Crippen LogP contribution in [0.2, 0.25) is 0 Å². The number of aliphatic hydroxyl groups excluding tert-OH is 1. The minimum absolute atomic E-state index is 0.0271. The first-order valence-electron chi connectivity index (χ1n) is 8.30. The van der Waals surface area contributed by atoms with Gasteiger partial charge >= 0.3 is 0 Å². The second-order valence-corrected chi connectivity index (χ2v) is 6.81. The van der Waals surface area contributed by atoms with Gasteiger partial charge in [0.25, 0.3) is 0 Å². The summed E-state index contributed by atoms with van der Waals surface area (Å²) in [4.78, 5) is 37.4. The van der Waals surface area contributed by atoms with E-state index in [1.165, 1.54) is 19.1 Å². The first-order chi connectivity index (χ1) is 12.3. The number of hydrogen-bond acceptors (Lipinski definition) is 6. The number of fused-ring (bicyclic) bond motifs is 3. The molecule has 2 aliphatic carbocycles. The molecule has 2 aliphatic rings. The second kappa shape index (κ2) is 5.51. The summed E-state index contributed by atoms with van der Waals surface area (Å²) in [6.07, 6.45) is -1.02. The lowest BCUT2D eigenvalue weighted by atomic mass is 9.74. The van der Waals surface area contributed by atoms with Gasteiger partial charge in [0.15, 0.2) is 11.6 Å². The Hall–Kier alpha value is -2.99. The number of phenolic OH excluding ortho intramolecular Hbond substituents is 2. The minimum Gasteiger partial charge on any atom is -0.507 e. The van der Waals surface area contributed by atoms with Crippen LogP contribution in [0.4, 0.5) is 0 Å². The number of ketones is 3. The molecule has 6 heteroatoms. The molecule has 0 saturated heterocycles. The maximum atomic E-state index is 12.9. The number of carbonyl (C=O) groups is 3. The van der Waals surface area contributed by atoms with Gasteiger partial charge in [-0.3, -0.25) is 14.4 Å². The van der Waals surface area contributed by atoms with Gasteiger partial charge < -0.3 is 15.3 Å². The fourth-order valence-electron chi connectivity index (χ4n) is 3.98. The molecule has 2 atom stereocenters. The van der Waals surface area contributed by atoms with Crippen LogP contribution in [0, 0.1) is 5.92 Å². The predicted octanol–water partition coefficient (Wildman–Crippen LogP) is 2.06. The normalized spacial score (nSPS) is 21.0. The lowest BCUT2D eigenvalue weighted by Crippen LogP contribution is -2.27. The summed E-state index contributed by atoms with van der Waals surface area (Å²) in [6, 6.07) is 6.19. The van der Waals surface area contributed by atoms with E-state index in [4.69, 9.17) is 0 Å². The third kappa shape index (κ3) is 2.05. The topological polar surface area (TPSA) is 112 Å². The van der Waals surface area contributed by atoms with E-state index in [0.717, 1.165) is 0 Å². The van der Waals surface area contributed by atoms with Gasteiger partial charge in [0, 0.05) is 28.2 Å². The van der Waals surface area contributed by atoms with Gasteiger partial charge in [-0.15, -0.1) is 0 Å². The van der Waals surface area contributed by atoms with E-state index in [1.807, 2.05) is 0 Å². The van der Waals surface area contributed by atoms with Gasteiger partial charge in [0.05, 0.1) is 17.2 Å². The van der Waals surface area contributed by atoms with Crippen molar-refractivity contribution in [1.29, 1.82) is 0 Å². The zero-order valence-electron chi connectivity index (χ0n) is 13.9. The highest BCUT2D eigenvalue weighted by Crippen LogP contribution is 2.49. The van der Waals surface area contributed by atoms with E-state index >= 15 is 0 Å². The van der Waals surface area contributed by atoms with Crippen LogP contribution in [0.15, 0.2) is 24.3 Å². The van der Waals surface area contributed by atoms with Crippen molar-refractivity contribution in [2.75, 3.05) is 0 Å². The summed E-state index contributed by atoms with van der Waals surface area (Å²) < 4.78 is 0. The molecular formula is C20H16O6. The molecule has 2 aromatic rings. The lowest BCUT2D eigenvalue weighted by molar-refractivity contribution is -0.122. The summed E-state index contributed by atoms with van der Waals surface area (Å²) in [5.74, 6) is -2.75. The Kier molecular flexibility index (Phi) is 3.49. The van der Waals surface area contributed by atoms with Gasteiger partial charge in [-0.2, -0.15) is 0 Å². The molecule has 6 nitrogen and oxygen atoms in total. The van der Waals surface area contributed by atoms with E-state index in [0.29, 0.717) is 0 Å². The van der Waals surface area contributed by atoms with E-state index < -0.39 is 35.1 Å². The third-order valence-electron chi connectivity index (χ3n) is 5.33. The number of aromatic hydroxyl groups is 2. The smallest absolute Gasteiger partial charge is 0.198 e. The largest absolute Gasteiger partial charge is 0.507 e. The molecule has 0 bridgehead atoms. The highest BCUT2D eigenvalue weighted by Gasteiger charge is 2.41. The number of aliphatic hydroxyl groups is 1. The quantitative estimate of drug-likeness (QED) is 0.578. The standard InChI is InChI=1S/C20H16O6/c1-8(21)9-6-12-14(13(22)7-9)20(26)16-15(19(12)25)17(23)10-4-2-3-5-11(10)18(16)24/h2-5,9,13,22,25-26H,6-7H2,1H3/t9-,13?/m1/s1. The summed E-state index contributed by atoms with van der Waals surface area (Å²) in [6.45, 7) is 1.39. The minimum atomic E-state index is -1.20. The molecule has 26 heavy (non-hydrogen) atoms. The molecule has 0 heterocycles. The van der Waals surface area contributed by atoms with Crippen molar-refractivity contribution < 1.29 is 29.7 Å². The Bertz CT molecular complexity index is 1000. The van der Waals surface area contributed by atoms with Gasteiger partial charge in [-0.05, 0) is 19.8 Å². The fourth-order valence-corrected chi connectivity index (χ4v) is 3.98. The Morgan fingerprint density at radius 1 is 1.00 bits per heavy atom. The van der Waals surface area contributed by atoms with E-state index in [2.05, 4.69) is 0 Å². The summed E-state index contributed by atoms with van der Waals surface area (Å²) >= 11 is 0. The maximum absolute atomic E-state index is 12.9. The highest BCUT2D eigenvalue weighted by molar-refractivity contribution is 6.30. The summed E-state index contributed by atoms with van der Waals surface area (Å²) in [5, 5.41) is 31.8. The average molecular weight is 352 g/mol. The summed E-state index contributed by atoms with van der Waals surface area (Å²) in [7, 11) is 0. The second-order valence-electron chi connectivity index (χ2n) is 6.81. The molecule has 0 aromatic heterocycles. The molecule has 0 radical (unpaired) electrons. The van der Waals surface area contributed by atoms with Crippen molar-refractivity contribution in [2.24, 2.45) is 5.92 Å². The van der Waals surface area contributed by atoms with Crippen molar-refractivity contribution in [2.45, 2.75) is 25.9 Å². The first kappa shape index (κ1) is 16.5. The third-order valence-corrected chi connectivity index (χ3v) is 5.33. The number of Topliss-reactive ketones (excluding diaryl/α,β-unsaturated/α-hetero) is 1. The molecule has 2 aromatic carbocycles. The maximum Gasteiger partial charge on any atom is 0.198 e. The molecule has 0 aliphatic heterocycles. The monoisotopic (exact) mass is 352 g/mol. The zero-order valence-corrected chi connectivity index (χ0v) is 13.9. The van der Waals surface area contributed by atoms with Crippen LogP contribution in [-0.2, 0) is 11.2 Å². The van der Waals surface area contributed by atoms with Crippen molar-refractivity contribution in [3.63, 3.8) is 0 Å². The van der Waals surface area contributed by atoms with Gasteiger partial charge in [-0.1, -0.05) is 24.3 Å². The highest BCUT2D eigenvalue weighted by atomic mass is 16.3. The van der Waals surface area contributed by atoms with Crippen LogP contribution >= 0.6 is 0 Å². The fraction of sp³-hybridized carbons (Fsp3) is 0.250. The van der Waals surface area contributed by atoms with Crippen LogP contribution in [0.1, 0.15) is 62.4 Å². The molecule has 0 saturated carbocycles. The van der Waals surface area contributed by atoms with E-state index in [9.17, 15) is 29.7 Å². The molecule has 3 N–H and O–H groups in total. The van der Waals surface area contributed by atoms with Crippen LogP contribution < -0.4 is 0 Å². The zero-order chi connectivity index (χ0) is 18.7. The molecule has 1 unspecified atom stereocenters. The van der Waals surface area contributed by atoms with Crippen molar-refractivity contribution in [1.82, 2.24) is 0 Å². The van der Waals surface area contributed by atoms with Crippen molar-refractivity contribution in [3.8, 4) is 11.5 Å². The predicted molar refractivity (Wildman–Crippen MR) is 90.5 cm³/mol. The van der Waals surface area contributed by atoms with Crippen molar-refractivity contribution in [3.05, 3.63) is 57.6 Å². The molecule has 132 valence electrons. The molecule has 0 fully saturated rings. The number of phenols is 2. The Morgan fingerprint density at radius 3 is 2.08 bits per heavy atom. The van der Waals surface area contributed by atoms with Crippen LogP contribution in [0.3, 0.4) is 0 Å². The van der Waals surface area contributed by atoms with Crippen molar-refractivity contribution >= 4 is 17.3 Å². The first-order valence-corrected chi connectivity index (χ1v) is 8.30. The summed E-state index contributed by atoms with van der Waals surface area (Å²) in [5.41, 5.74) is -0.0719. The average Bonchev–Trinajstić information content (AvgIpc) is 2.62. The molecular weight excluding hydrogens is 336 g/mol. The SMILES string of the molecule is CC(=O)[C@@H]1Cc2c(O)c3c(c(O)c2C(O)C1)C(=O)c1ccccc1C3=O. The van der Waals surface area contributed by atoms with Gasteiger partial charge in [-0.25, -0.2) is 0 Å². The number of hydrogen-bond donors (Lipinski definition) is 3. The number of rotatable bonds is 1. The van der Waals surface area contributed by atoms with E-state index in [-0.39, 0.29) is 52.0 Å². The van der Waals surface area contributed by atoms with Crippen LogP contribution in [-0.4, -0.2) is 32.7 Å². The van der Waals surface area contributed by atoms with Crippen LogP contribution in [0.25, 0.3) is 0 Å². The lowest BCUT2D eigenvalue weighted by Gasteiger charge is -2.31. The Labute approximate surface area is 148 Å². The van der Waals surface area contributed by atoms with Crippen LogP contribution in [0.5, 0.6) is 11.5 Å². The van der Waals surface area contributed by atoms with Gasteiger partial charge in [0.2, 0.25) is 0 Å². The molecule has 0 spiro atoms. The number of carbonyl (C=O) groups excluding carboxylic acids is 3. The van der Waals surface area contributed by atoms with Gasteiger partial charge in [0.1, 0.15) is 17.3 Å². The Morgan fingerprint density at radius 2 is 1.54 bits per heavy atom. The van der Waals surface area contributed by atoms with E-state index in [1.54, 1.807) is 12.1 Å². The molecule has 4 rings (SSSR count). The Balaban J connectivity index is 2.02. The molecule has 0 amide bonds.